The smallest absolute Gasteiger partial charge is 0.303 e. The van der Waals surface area contributed by atoms with E-state index in [9.17, 15) is 14.4 Å². The number of thiazole rings is 1. The monoisotopic (exact) mass is 564 g/mol. The zero-order valence-electron chi connectivity index (χ0n) is 18.5. The Morgan fingerprint density at radius 2 is 1.79 bits per heavy atom. The maximum atomic E-state index is 12.7. The molecule has 3 rings (SSSR count). The summed E-state index contributed by atoms with van der Waals surface area (Å²) in [6.07, 6.45) is -0.177. The largest absolute Gasteiger partial charge is 0.463 e. The minimum absolute atomic E-state index is 0. The van der Waals surface area contributed by atoms with Crippen molar-refractivity contribution in [3.63, 3.8) is 0 Å². The molecule has 5 atom stereocenters. The van der Waals surface area contributed by atoms with Crippen LogP contribution in [0.5, 0.6) is 0 Å². The van der Waals surface area contributed by atoms with Gasteiger partial charge in [0.1, 0.15) is 12.7 Å². The molecule has 2 heterocycles. The van der Waals surface area contributed by atoms with Gasteiger partial charge in [-0.2, -0.15) is 0 Å². The number of benzene rings is 1. The first-order valence-corrected chi connectivity index (χ1v) is 11.7. The molecular weight excluding hydrogens is 540 g/mol. The van der Waals surface area contributed by atoms with E-state index in [-0.39, 0.29) is 68.1 Å². The van der Waals surface area contributed by atoms with E-state index >= 15 is 0 Å². The Morgan fingerprint density at radius 1 is 1.12 bits per heavy atom. The summed E-state index contributed by atoms with van der Waals surface area (Å²) in [6, 6.07) is 7.09. The van der Waals surface area contributed by atoms with Crippen molar-refractivity contribution in [1.82, 2.24) is 4.98 Å². The van der Waals surface area contributed by atoms with Gasteiger partial charge < -0.3 is 19.5 Å². The number of ether oxygens (including phenoxy) is 3. The first-order valence-electron chi connectivity index (χ1n) is 10.1. The number of hydrogen-bond donors (Lipinski definition) is 1. The number of halogens is 1. The van der Waals surface area contributed by atoms with E-state index < -0.39 is 24.3 Å². The number of nitrogens with one attached hydrogen (secondary N) is 1. The van der Waals surface area contributed by atoms with Gasteiger partial charge in [-0.25, -0.2) is 4.98 Å². The van der Waals surface area contributed by atoms with Gasteiger partial charge in [0, 0.05) is 67.5 Å². The molecule has 8 nitrogen and oxygen atoms in total. The van der Waals surface area contributed by atoms with Crippen molar-refractivity contribution >= 4 is 50.1 Å². The SMILES string of the molecule is CC(=O)OCC1O[C@H](Nc2ncc(C(=O)c3ccc(Br)cc3)s2)C(OC(C)=O)[C@@H](C)[C@@H]1C.[Ar]. The summed E-state index contributed by atoms with van der Waals surface area (Å²) in [5.41, 5.74) is 0.555. The molecule has 11 heteroatoms. The second-order valence-electron chi connectivity index (χ2n) is 7.70. The fourth-order valence-corrected chi connectivity index (χ4v) is 4.55. The molecule has 1 aliphatic heterocycles. The average molecular weight is 565 g/mol. The minimum Gasteiger partial charge on any atom is -0.463 e. The van der Waals surface area contributed by atoms with Gasteiger partial charge in [0.2, 0.25) is 5.78 Å². The van der Waals surface area contributed by atoms with Gasteiger partial charge in [0.05, 0.1) is 17.2 Å². The van der Waals surface area contributed by atoms with Gasteiger partial charge in [-0.1, -0.05) is 41.1 Å². The molecule has 2 aromatic rings. The Hall–Kier alpha value is -1.04. The van der Waals surface area contributed by atoms with Gasteiger partial charge >= 0.3 is 11.9 Å². The molecule has 1 aromatic carbocycles. The second-order valence-corrected chi connectivity index (χ2v) is 9.65. The topological polar surface area (TPSA) is 104 Å². The molecule has 2 unspecified atom stereocenters. The van der Waals surface area contributed by atoms with Crippen LogP contribution in [0.15, 0.2) is 34.9 Å². The van der Waals surface area contributed by atoms with E-state index in [0.717, 1.165) is 4.47 Å². The van der Waals surface area contributed by atoms with E-state index in [0.29, 0.717) is 15.6 Å². The maximum Gasteiger partial charge on any atom is 0.303 e. The summed E-state index contributed by atoms with van der Waals surface area (Å²) < 4.78 is 17.7. The fourth-order valence-electron chi connectivity index (χ4n) is 3.48. The summed E-state index contributed by atoms with van der Waals surface area (Å²) in [5, 5.41) is 3.61. The third-order valence-corrected chi connectivity index (χ3v) is 6.86. The number of anilines is 1. The van der Waals surface area contributed by atoms with Gasteiger partial charge in [-0.3, -0.25) is 14.4 Å². The van der Waals surface area contributed by atoms with E-state index in [1.165, 1.54) is 31.4 Å². The first-order chi connectivity index (χ1) is 15.2. The van der Waals surface area contributed by atoms with Crippen LogP contribution in [-0.4, -0.2) is 47.7 Å². The van der Waals surface area contributed by atoms with E-state index in [2.05, 4.69) is 26.2 Å². The van der Waals surface area contributed by atoms with Crippen LogP contribution in [-0.2, 0) is 23.8 Å². The maximum absolute atomic E-state index is 12.7. The van der Waals surface area contributed by atoms with Gasteiger partial charge in [-0.05, 0) is 30.2 Å². The van der Waals surface area contributed by atoms with Crippen LogP contribution in [0.4, 0.5) is 5.13 Å². The van der Waals surface area contributed by atoms with Gasteiger partial charge in [0.25, 0.3) is 0 Å². The second kappa shape index (κ2) is 12.6. The molecule has 1 saturated heterocycles. The normalized spacial score (nSPS) is 24.3. The predicted molar refractivity (Wildman–Crippen MR) is 122 cm³/mol. The molecule has 0 spiro atoms. The molecule has 1 N–H and O–H groups in total. The van der Waals surface area contributed by atoms with Gasteiger partial charge in [-0.15, -0.1) is 0 Å². The molecule has 180 valence electrons. The molecule has 0 radical (unpaired) electrons. The van der Waals surface area contributed by atoms with Crippen molar-refractivity contribution in [1.29, 1.82) is 0 Å². The predicted octanol–water partition coefficient (Wildman–Crippen LogP) is 4.04. The van der Waals surface area contributed by atoms with Crippen LogP contribution in [0.1, 0.15) is 42.9 Å². The Morgan fingerprint density at radius 3 is 2.39 bits per heavy atom. The number of carbonyl (C=O) groups excluding carboxylic acids is 3. The summed E-state index contributed by atoms with van der Waals surface area (Å²) >= 11 is 4.54. The zero-order chi connectivity index (χ0) is 23.4. The van der Waals surface area contributed by atoms with Gasteiger partial charge in [0.15, 0.2) is 11.4 Å². The van der Waals surface area contributed by atoms with E-state index in [1.54, 1.807) is 24.3 Å². The molecule has 0 bridgehead atoms. The number of ketones is 1. The summed E-state index contributed by atoms with van der Waals surface area (Å²) in [6.45, 7) is 6.70. The van der Waals surface area contributed by atoms with E-state index in [1.807, 2.05) is 13.8 Å². The summed E-state index contributed by atoms with van der Waals surface area (Å²) in [5.74, 6) is -1.06. The molecular formula is C22H25ArBrN2O6S. The zero-order valence-corrected chi connectivity index (χ0v) is 21.6. The van der Waals surface area contributed by atoms with Crippen LogP contribution >= 0.6 is 27.3 Å². The molecule has 1 fully saturated rings. The van der Waals surface area contributed by atoms with E-state index in [4.69, 9.17) is 14.2 Å². The quantitative estimate of drug-likeness (QED) is 0.397. The standard InChI is InChI=1S/C22H25BrN2O6S.Ar/c1-11-12(2)20(30-14(4)27)21(31-17(11)10-29-13(3)26)25-22-24-9-18(32-22)19(28)15-5-7-16(23)8-6-15;/h5-9,11-12,17,20-21H,10H2,1-4H3,(H,24,25);/t11-,12-,17?,20?,21-;/m0./s1. The van der Waals surface area contributed by atoms with Crippen LogP contribution in [0.25, 0.3) is 0 Å². The van der Waals surface area contributed by atoms with Crippen molar-refractivity contribution in [3.8, 4) is 0 Å². The summed E-state index contributed by atoms with van der Waals surface area (Å²) in [7, 11) is 0. The molecule has 1 aromatic heterocycles. The van der Waals surface area contributed by atoms with Crippen molar-refractivity contribution in [2.75, 3.05) is 11.9 Å². The molecule has 0 amide bonds. The Kier molecular flexibility index (Phi) is 10.8. The molecule has 0 aliphatic carbocycles. The van der Waals surface area contributed by atoms with Crippen LogP contribution < -0.4 is 5.32 Å². The van der Waals surface area contributed by atoms with Crippen molar-refractivity contribution in [2.24, 2.45) is 11.8 Å². The van der Waals surface area contributed by atoms with Crippen molar-refractivity contribution < 1.29 is 66.3 Å². The fraction of sp³-hybridized carbons (Fsp3) is 0.455. The first kappa shape index (κ1) is 28.2. The van der Waals surface area contributed by atoms with Crippen molar-refractivity contribution in [3.05, 3.63) is 45.4 Å². The van der Waals surface area contributed by atoms with Crippen LogP contribution in [0, 0.1) is 49.6 Å². The Balaban J connectivity index is 0.00000385. The Bertz CT molecular complexity index is 984. The number of aromatic nitrogens is 1. The average Bonchev–Trinajstić information content (AvgIpc) is 3.20. The third-order valence-electron chi connectivity index (χ3n) is 5.41. The molecule has 1 aliphatic rings. The number of esters is 2. The number of rotatable bonds is 7. The molecule has 0 saturated carbocycles. The van der Waals surface area contributed by atoms with Crippen LogP contribution in [0.2, 0.25) is 0 Å². The Labute approximate surface area is 234 Å². The number of carbonyl (C=O) groups is 3. The van der Waals surface area contributed by atoms with Crippen LogP contribution in [0.3, 0.4) is 0 Å². The third kappa shape index (κ3) is 7.47. The molecule has 33 heavy (non-hydrogen) atoms. The minimum atomic E-state index is -0.715. The number of nitrogens with zero attached hydrogens (tertiary/aromatic N) is 1. The van der Waals surface area contributed by atoms with Crippen molar-refractivity contribution in [2.45, 2.75) is 46.1 Å². The summed E-state index contributed by atoms with van der Waals surface area (Å²) in [4.78, 5) is 40.5. The number of hydrogen-bond acceptors (Lipinski definition) is 9.